The second kappa shape index (κ2) is 7.88. The normalized spacial score (nSPS) is 13.7. The maximum atomic E-state index is 13.1. The lowest BCUT2D eigenvalue weighted by molar-refractivity contribution is 0.0744. The van der Waals surface area contributed by atoms with E-state index in [9.17, 15) is 9.18 Å². The predicted molar refractivity (Wildman–Crippen MR) is 102 cm³/mol. The van der Waals surface area contributed by atoms with Gasteiger partial charge in [-0.1, -0.05) is 18.2 Å². The molecule has 4 rings (SSSR count). The van der Waals surface area contributed by atoms with Gasteiger partial charge in [-0.2, -0.15) is 0 Å². The van der Waals surface area contributed by atoms with Crippen LogP contribution in [0.2, 0.25) is 0 Å². The van der Waals surface area contributed by atoms with Crippen molar-refractivity contribution in [2.45, 2.75) is 26.0 Å². The van der Waals surface area contributed by atoms with Crippen molar-refractivity contribution in [1.29, 1.82) is 0 Å². The van der Waals surface area contributed by atoms with Gasteiger partial charge in [0.15, 0.2) is 0 Å². The maximum Gasteiger partial charge on any atom is 0.254 e. The molecule has 3 aromatic rings. The lowest BCUT2D eigenvalue weighted by Gasteiger charge is -2.20. The van der Waals surface area contributed by atoms with Gasteiger partial charge in [-0.15, -0.1) is 11.3 Å². The fraction of sp³-hybridized carbons (Fsp3) is 0.238. The zero-order valence-electron chi connectivity index (χ0n) is 14.7. The van der Waals surface area contributed by atoms with Crippen LogP contribution in [-0.4, -0.2) is 22.3 Å². The number of ether oxygens (including phenoxy) is 1. The van der Waals surface area contributed by atoms with Crippen LogP contribution in [0.3, 0.4) is 0 Å². The highest BCUT2D eigenvalue weighted by atomic mass is 32.1. The van der Waals surface area contributed by atoms with E-state index in [-0.39, 0.29) is 11.7 Å². The van der Waals surface area contributed by atoms with E-state index < -0.39 is 0 Å². The van der Waals surface area contributed by atoms with Crippen LogP contribution in [0.1, 0.15) is 32.4 Å². The number of thiazole rings is 1. The third-order valence-electron chi connectivity index (χ3n) is 4.48. The van der Waals surface area contributed by atoms with E-state index in [2.05, 4.69) is 0 Å². The Morgan fingerprint density at radius 1 is 1.15 bits per heavy atom. The van der Waals surface area contributed by atoms with Gasteiger partial charge in [-0.25, -0.2) is 9.37 Å². The van der Waals surface area contributed by atoms with Gasteiger partial charge in [0, 0.05) is 17.0 Å². The summed E-state index contributed by atoms with van der Waals surface area (Å²) in [6.07, 6.45) is 1.80. The van der Waals surface area contributed by atoms with Gasteiger partial charge in [-0.3, -0.25) is 4.79 Å². The molecule has 1 aliphatic heterocycles. The Bertz CT molecular complexity index is 925. The van der Waals surface area contributed by atoms with Crippen molar-refractivity contribution in [2.75, 3.05) is 6.54 Å². The summed E-state index contributed by atoms with van der Waals surface area (Å²) >= 11 is 1.66. The quantitative estimate of drug-likeness (QED) is 0.670. The van der Waals surface area contributed by atoms with Crippen LogP contribution in [0.4, 0.5) is 4.39 Å². The summed E-state index contributed by atoms with van der Waals surface area (Å²) < 4.78 is 18.9. The number of carbonyl (C=O) groups is 1. The Hall–Kier alpha value is -2.73. The van der Waals surface area contributed by atoms with Gasteiger partial charge >= 0.3 is 0 Å². The van der Waals surface area contributed by atoms with Gasteiger partial charge in [0.2, 0.25) is 0 Å². The highest BCUT2D eigenvalue weighted by Gasteiger charge is 2.23. The second-order valence-corrected chi connectivity index (χ2v) is 7.58. The Labute approximate surface area is 161 Å². The van der Waals surface area contributed by atoms with E-state index in [1.54, 1.807) is 16.2 Å². The van der Waals surface area contributed by atoms with Crippen molar-refractivity contribution in [3.05, 3.63) is 81.6 Å². The molecule has 0 bridgehead atoms. The summed E-state index contributed by atoms with van der Waals surface area (Å²) in [5.74, 6) is 0.390. The summed E-state index contributed by atoms with van der Waals surface area (Å²) in [7, 11) is 0. The minimum absolute atomic E-state index is 0.0852. The number of hydrogen-bond acceptors (Lipinski definition) is 4. The first-order valence-corrected chi connectivity index (χ1v) is 9.71. The van der Waals surface area contributed by atoms with Crippen molar-refractivity contribution in [2.24, 2.45) is 0 Å². The maximum absolute atomic E-state index is 13.1. The molecule has 2 aromatic carbocycles. The molecule has 6 heteroatoms. The number of aromatic nitrogens is 1. The second-order valence-electron chi connectivity index (χ2n) is 6.42. The average Bonchev–Trinajstić information content (AvgIpc) is 2.97. The molecule has 0 unspecified atom stereocenters. The fourth-order valence-electron chi connectivity index (χ4n) is 3.12. The van der Waals surface area contributed by atoms with Crippen LogP contribution in [0.5, 0.6) is 5.75 Å². The molecular weight excluding hydrogens is 363 g/mol. The molecule has 138 valence electrons. The Morgan fingerprint density at radius 2 is 1.93 bits per heavy atom. The summed E-state index contributed by atoms with van der Waals surface area (Å²) in [6, 6.07) is 15.4. The number of halogens is 1. The van der Waals surface area contributed by atoms with Gasteiger partial charge in [-0.05, 0) is 49.2 Å². The third-order valence-corrected chi connectivity index (χ3v) is 5.61. The van der Waals surface area contributed by atoms with Crippen molar-refractivity contribution in [3.8, 4) is 5.75 Å². The smallest absolute Gasteiger partial charge is 0.254 e. The molecule has 27 heavy (non-hydrogen) atoms. The molecule has 0 spiro atoms. The summed E-state index contributed by atoms with van der Waals surface area (Å²) in [5.41, 5.74) is 1.45. The molecule has 0 saturated heterocycles. The van der Waals surface area contributed by atoms with E-state index in [0.29, 0.717) is 25.3 Å². The number of aryl methyl sites for hydroxylation is 1. The van der Waals surface area contributed by atoms with Gasteiger partial charge in [0.1, 0.15) is 23.2 Å². The highest BCUT2D eigenvalue weighted by Crippen LogP contribution is 2.26. The number of benzene rings is 2. The molecule has 0 N–H and O–H groups in total. The van der Waals surface area contributed by atoms with Crippen LogP contribution in [0.25, 0.3) is 0 Å². The predicted octanol–water partition coefficient (Wildman–Crippen LogP) is 4.45. The molecule has 4 nitrogen and oxygen atoms in total. The summed E-state index contributed by atoms with van der Waals surface area (Å²) in [5, 5.41) is 0.917. The average molecular weight is 382 g/mol. The van der Waals surface area contributed by atoms with E-state index in [1.165, 1.54) is 29.1 Å². The zero-order valence-corrected chi connectivity index (χ0v) is 15.5. The van der Waals surface area contributed by atoms with Gasteiger partial charge < -0.3 is 9.64 Å². The van der Waals surface area contributed by atoms with E-state index >= 15 is 0 Å². The SMILES string of the molecule is O=C(c1ccc(F)cc1)N1CCCc2sc(COc3ccccc3)nc2C1. The topological polar surface area (TPSA) is 42.4 Å². The standard InChI is InChI=1S/C21H19FN2O2S/c22-16-10-8-15(9-11-16)21(25)24-12-4-7-19-18(13-24)23-20(27-19)14-26-17-5-2-1-3-6-17/h1-3,5-6,8-11H,4,7,12-14H2. The number of nitrogens with zero attached hydrogens (tertiary/aromatic N) is 2. The third kappa shape index (κ3) is 4.17. The molecule has 1 aromatic heterocycles. The molecule has 2 heterocycles. The summed E-state index contributed by atoms with van der Waals surface area (Å²) in [6.45, 7) is 1.58. The monoisotopic (exact) mass is 382 g/mol. The lowest BCUT2D eigenvalue weighted by atomic mass is 10.2. The molecule has 1 aliphatic rings. The minimum atomic E-state index is -0.340. The van der Waals surface area contributed by atoms with Crippen LogP contribution in [0, 0.1) is 5.82 Å². The van der Waals surface area contributed by atoms with Crippen molar-refractivity contribution in [3.63, 3.8) is 0 Å². The van der Waals surface area contributed by atoms with Crippen molar-refractivity contribution in [1.82, 2.24) is 9.88 Å². The van der Waals surface area contributed by atoms with E-state index in [1.807, 2.05) is 30.3 Å². The van der Waals surface area contributed by atoms with Crippen LogP contribution >= 0.6 is 11.3 Å². The molecule has 0 aliphatic carbocycles. The first-order valence-electron chi connectivity index (χ1n) is 8.89. The van der Waals surface area contributed by atoms with E-state index in [0.717, 1.165) is 29.3 Å². The molecule has 0 atom stereocenters. The summed E-state index contributed by atoms with van der Waals surface area (Å²) in [4.78, 5) is 20.5. The molecule has 0 fully saturated rings. The van der Waals surface area contributed by atoms with Crippen LogP contribution < -0.4 is 4.74 Å². The first kappa shape index (κ1) is 17.7. The Morgan fingerprint density at radius 3 is 2.70 bits per heavy atom. The number of amides is 1. The first-order chi connectivity index (χ1) is 13.2. The highest BCUT2D eigenvalue weighted by molar-refractivity contribution is 7.11. The fourth-order valence-corrected chi connectivity index (χ4v) is 4.15. The number of hydrogen-bond donors (Lipinski definition) is 0. The minimum Gasteiger partial charge on any atom is -0.486 e. The molecule has 1 amide bonds. The van der Waals surface area contributed by atoms with Gasteiger partial charge in [0.05, 0.1) is 12.2 Å². The van der Waals surface area contributed by atoms with E-state index in [4.69, 9.17) is 9.72 Å². The van der Waals surface area contributed by atoms with Crippen LogP contribution in [-0.2, 0) is 19.6 Å². The molecule has 0 radical (unpaired) electrons. The zero-order chi connectivity index (χ0) is 18.6. The molecular formula is C21H19FN2O2S. The van der Waals surface area contributed by atoms with Gasteiger partial charge in [0.25, 0.3) is 5.91 Å². The number of fused-ring (bicyclic) bond motifs is 1. The molecule has 0 saturated carbocycles. The van der Waals surface area contributed by atoms with Crippen molar-refractivity contribution >= 4 is 17.2 Å². The number of para-hydroxylation sites is 1. The Kier molecular flexibility index (Phi) is 5.16. The largest absolute Gasteiger partial charge is 0.486 e. The van der Waals surface area contributed by atoms with Crippen molar-refractivity contribution < 1.29 is 13.9 Å². The Balaban J connectivity index is 1.46. The lowest BCUT2D eigenvalue weighted by Crippen LogP contribution is -2.30. The van der Waals surface area contributed by atoms with Crippen LogP contribution in [0.15, 0.2) is 54.6 Å². The number of rotatable bonds is 4. The number of carbonyl (C=O) groups excluding carboxylic acids is 1.